The molecule has 0 bridgehead atoms. The van der Waals surface area contributed by atoms with Gasteiger partial charge in [-0.3, -0.25) is 9.80 Å². The van der Waals surface area contributed by atoms with Crippen molar-refractivity contribution >= 4 is 0 Å². The second-order valence-corrected chi connectivity index (χ2v) is 8.81. The fourth-order valence-electron chi connectivity index (χ4n) is 4.36. The highest BCUT2D eigenvalue weighted by molar-refractivity contribution is 5.00. The molecular weight excluding hydrogens is 316 g/mol. The van der Waals surface area contributed by atoms with Gasteiger partial charge in [-0.25, -0.2) is 0 Å². The number of hydrogen-bond acceptors (Lipinski definition) is 6. The Morgan fingerprint density at radius 2 is 1.96 bits per heavy atom. The Balaban J connectivity index is 1.26. The zero-order valence-corrected chi connectivity index (χ0v) is 15.7. The van der Waals surface area contributed by atoms with Crippen LogP contribution >= 0.6 is 0 Å². The molecule has 3 fully saturated rings. The number of β-amino-alcohol motifs (C(OH)–C–C–N with tert-alkyl or cyclic N) is 1. The Morgan fingerprint density at radius 1 is 1.20 bits per heavy atom. The molecule has 1 aromatic heterocycles. The zero-order chi connectivity index (χ0) is 17.4. The molecule has 25 heavy (non-hydrogen) atoms. The van der Waals surface area contributed by atoms with Crippen LogP contribution in [0.3, 0.4) is 0 Å². The predicted octanol–water partition coefficient (Wildman–Crippen LogP) is 2.39. The van der Waals surface area contributed by atoms with E-state index in [9.17, 15) is 5.11 Å². The highest BCUT2D eigenvalue weighted by atomic mass is 16.4. The van der Waals surface area contributed by atoms with Gasteiger partial charge in [0.05, 0.1) is 12.1 Å². The van der Waals surface area contributed by atoms with Crippen molar-refractivity contribution in [3.63, 3.8) is 0 Å². The summed E-state index contributed by atoms with van der Waals surface area (Å²) in [5, 5.41) is 19.3. The van der Waals surface area contributed by atoms with Gasteiger partial charge in [0.2, 0.25) is 11.8 Å². The van der Waals surface area contributed by atoms with Gasteiger partial charge in [0.25, 0.3) is 0 Å². The van der Waals surface area contributed by atoms with Gasteiger partial charge in [-0.15, -0.1) is 10.2 Å². The number of hydrogen-bond donors (Lipinski definition) is 1. The Bertz CT molecular complexity index is 578. The zero-order valence-electron chi connectivity index (χ0n) is 15.7. The van der Waals surface area contributed by atoms with Crippen molar-refractivity contribution in [1.29, 1.82) is 0 Å². The highest BCUT2D eigenvalue weighted by Gasteiger charge is 2.36. The van der Waals surface area contributed by atoms with Crippen molar-refractivity contribution in [1.82, 2.24) is 20.0 Å². The maximum atomic E-state index is 10.9. The normalized spacial score (nSPS) is 34.1. The molecule has 0 spiro atoms. The molecule has 2 heterocycles. The third-order valence-electron chi connectivity index (χ3n) is 6.39. The van der Waals surface area contributed by atoms with E-state index in [1.54, 1.807) is 0 Å². The van der Waals surface area contributed by atoms with Crippen molar-refractivity contribution in [3.05, 3.63) is 11.8 Å². The summed E-state index contributed by atoms with van der Waals surface area (Å²) in [6, 6.07) is 0.502. The third kappa shape index (κ3) is 4.23. The molecular formula is C19H32N4O2. The largest absolute Gasteiger partial charge is 0.424 e. The minimum Gasteiger partial charge on any atom is -0.424 e. The molecule has 4 rings (SSSR count). The van der Waals surface area contributed by atoms with E-state index in [2.05, 4.69) is 34.0 Å². The van der Waals surface area contributed by atoms with Crippen LogP contribution in [0, 0.1) is 5.92 Å². The van der Waals surface area contributed by atoms with E-state index >= 15 is 0 Å². The average molecular weight is 348 g/mol. The molecule has 1 atom stereocenters. The summed E-state index contributed by atoms with van der Waals surface area (Å²) < 4.78 is 5.79. The summed E-state index contributed by atoms with van der Waals surface area (Å²) in [5.74, 6) is 2.85. The van der Waals surface area contributed by atoms with Crippen LogP contribution in [0.15, 0.2) is 4.42 Å². The summed E-state index contributed by atoms with van der Waals surface area (Å²) >= 11 is 0. The molecule has 0 aromatic carbocycles. The van der Waals surface area contributed by atoms with Crippen molar-refractivity contribution < 1.29 is 9.52 Å². The standard InChI is InChI=1S/C19H32N4O2/c1-14-5-8-19(24,9-6-14)13-23-10-7-16(11-23)22(2)12-17-20-21-18(25-17)15-3-4-15/h14-16,24H,3-13H2,1-2H3/t14?,16-,19?/m0/s1. The van der Waals surface area contributed by atoms with Crippen LogP contribution in [0.25, 0.3) is 0 Å². The van der Waals surface area contributed by atoms with Gasteiger partial charge in [0.1, 0.15) is 0 Å². The summed E-state index contributed by atoms with van der Waals surface area (Å²) in [6.45, 7) is 5.95. The SMILES string of the molecule is CC1CCC(O)(CN2CC[C@H](N(C)Cc3nnc(C4CC4)o3)C2)CC1. The Labute approximate surface area is 150 Å². The molecule has 1 aliphatic heterocycles. The van der Waals surface area contributed by atoms with E-state index in [4.69, 9.17) is 4.42 Å². The summed E-state index contributed by atoms with van der Waals surface area (Å²) in [7, 11) is 2.15. The van der Waals surface area contributed by atoms with Gasteiger partial charge >= 0.3 is 0 Å². The first kappa shape index (κ1) is 17.4. The molecule has 1 N–H and O–H groups in total. The van der Waals surface area contributed by atoms with E-state index in [-0.39, 0.29) is 0 Å². The number of aromatic nitrogens is 2. The fourth-order valence-corrected chi connectivity index (χ4v) is 4.36. The Morgan fingerprint density at radius 3 is 2.68 bits per heavy atom. The Hall–Kier alpha value is -0.980. The molecule has 0 amide bonds. The average Bonchev–Trinajstić information content (AvgIpc) is 3.16. The van der Waals surface area contributed by atoms with Crippen molar-refractivity contribution in [2.45, 2.75) is 76.0 Å². The van der Waals surface area contributed by atoms with Crippen LogP contribution in [-0.4, -0.2) is 63.4 Å². The molecule has 1 saturated heterocycles. The predicted molar refractivity (Wildman–Crippen MR) is 95.2 cm³/mol. The topological polar surface area (TPSA) is 65.6 Å². The number of rotatable bonds is 6. The first-order valence-corrected chi connectivity index (χ1v) is 9.98. The van der Waals surface area contributed by atoms with Crippen LogP contribution in [0.1, 0.15) is 69.6 Å². The monoisotopic (exact) mass is 348 g/mol. The highest BCUT2D eigenvalue weighted by Crippen LogP contribution is 2.39. The molecule has 2 aliphatic carbocycles. The van der Waals surface area contributed by atoms with Crippen LogP contribution in [0.4, 0.5) is 0 Å². The maximum Gasteiger partial charge on any atom is 0.230 e. The molecule has 0 radical (unpaired) electrons. The summed E-state index contributed by atoms with van der Waals surface area (Å²) in [4.78, 5) is 4.78. The lowest BCUT2D eigenvalue weighted by Gasteiger charge is -2.38. The van der Waals surface area contributed by atoms with Crippen molar-refractivity contribution in [3.8, 4) is 0 Å². The van der Waals surface area contributed by atoms with Gasteiger partial charge in [0.15, 0.2) is 0 Å². The van der Waals surface area contributed by atoms with Crippen LogP contribution in [-0.2, 0) is 6.54 Å². The molecule has 6 heteroatoms. The van der Waals surface area contributed by atoms with E-state index in [1.807, 2.05) is 0 Å². The van der Waals surface area contributed by atoms with Gasteiger partial charge in [-0.05, 0) is 64.5 Å². The second-order valence-electron chi connectivity index (χ2n) is 8.81. The first-order valence-electron chi connectivity index (χ1n) is 9.98. The van der Waals surface area contributed by atoms with Crippen LogP contribution in [0.2, 0.25) is 0 Å². The van der Waals surface area contributed by atoms with E-state index in [0.29, 0.717) is 12.0 Å². The van der Waals surface area contributed by atoms with Gasteiger partial charge < -0.3 is 9.52 Å². The minimum atomic E-state index is -0.467. The first-order chi connectivity index (χ1) is 12.0. The summed E-state index contributed by atoms with van der Waals surface area (Å²) in [6.07, 6.45) is 7.76. The lowest BCUT2D eigenvalue weighted by atomic mass is 9.79. The van der Waals surface area contributed by atoms with Crippen LogP contribution in [0.5, 0.6) is 0 Å². The lowest BCUT2D eigenvalue weighted by molar-refractivity contribution is -0.0317. The molecule has 0 unspecified atom stereocenters. The number of likely N-dealkylation sites (N-methyl/N-ethyl adjacent to an activating group) is 1. The second kappa shape index (κ2) is 6.97. The van der Waals surface area contributed by atoms with Gasteiger partial charge in [-0.2, -0.15) is 0 Å². The fraction of sp³-hybridized carbons (Fsp3) is 0.895. The van der Waals surface area contributed by atoms with E-state index < -0.39 is 5.60 Å². The van der Waals surface area contributed by atoms with Gasteiger partial charge in [-0.1, -0.05) is 6.92 Å². The van der Waals surface area contributed by atoms with Gasteiger partial charge in [0, 0.05) is 25.0 Å². The number of aliphatic hydroxyl groups is 1. The molecule has 3 aliphatic rings. The maximum absolute atomic E-state index is 10.9. The molecule has 1 aromatic rings. The number of nitrogens with zero attached hydrogens (tertiary/aromatic N) is 4. The van der Waals surface area contributed by atoms with Crippen molar-refractivity contribution in [2.75, 3.05) is 26.7 Å². The Kier molecular flexibility index (Phi) is 4.86. The molecule has 140 valence electrons. The van der Waals surface area contributed by atoms with E-state index in [0.717, 1.165) is 76.0 Å². The number of likely N-dealkylation sites (tertiary alicyclic amines) is 1. The third-order valence-corrected chi connectivity index (χ3v) is 6.39. The van der Waals surface area contributed by atoms with Crippen molar-refractivity contribution in [2.24, 2.45) is 5.92 Å². The molecule has 2 saturated carbocycles. The molecule has 6 nitrogen and oxygen atoms in total. The van der Waals surface area contributed by atoms with Crippen LogP contribution < -0.4 is 0 Å². The quantitative estimate of drug-likeness (QED) is 0.851. The smallest absolute Gasteiger partial charge is 0.230 e. The lowest BCUT2D eigenvalue weighted by Crippen LogP contribution is -2.45. The summed E-state index contributed by atoms with van der Waals surface area (Å²) in [5.41, 5.74) is -0.467. The minimum absolute atomic E-state index is 0.467. The van der Waals surface area contributed by atoms with E-state index in [1.165, 1.54) is 12.8 Å².